The number of nitrogens with one attached hydrogen (secondary N) is 2. The minimum absolute atomic E-state index is 0.121. The third kappa shape index (κ3) is 6.02. The summed E-state index contributed by atoms with van der Waals surface area (Å²) in [7, 11) is 0. The standard InChI is InChI=1S/C7H16N8/c1-3-5(13-15-7(10)11)4(2)12-14-6(8)9/h3H2,1-2H3,(H4,8,9,14)(H4,10,11,15)/b12-4+,13-5+. The average molecular weight is 212 g/mol. The first-order chi connectivity index (χ1) is 6.97. The lowest BCUT2D eigenvalue weighted by molar-refractivity contribution is 0.984. The Balaban J connectivity index is 4.67. The van der Waals surface area contributed by atoms with Gasteiger partial charge < -0.3 is 17.2 Å². The van der Waals surface area contributed by atoms with Gasteiger partial charge in [0.25, 0.3) is 0 Å². The first-order valence-electron chi connectivity index (χ1n) is 4.27. The molecule has 8 heteroatoms. The van der Waals surface area contributed by atoms with E-state index in [4.69, 9.17) is 22.6 Å². The smallest absolute Gasteiger partial charge is 0.211 e. The number of hydrogen-bond donors (Lipinski definition) is 5. The van der Waals surface area contributed by atoms with E-state index in [0.717, 1.165) is 0 Å². The third-order valence-corrected chi connectivity index (χ3v) is 1.38. The minimum atomic E-state index is -0.240. The van der Waals surface area contributed by atoms with Crippen LogP contribution in [0.1, 0.15) is 20.3 Å². The molecule has 0 amide bonds. The Morgan fingerprint density at radius 1 is 1.27 bits per heavy atom. The molecule has 0 atom stereocenters. The van der Waals surface area contributed by atoms with Crippen LogP contribution in [0.4, 0.5) is 0 Å². The number of guanidine groups is 2. The van der Waals surface area contributed by atoms with Gasteiger partial charge in [-0.1, -0.05) is 6.92 Å². The molecule has 15 heavy (non-hydrogen) atoms. The fourth-order valence-corrected chi connectivity index (χ4v) is 0.734. The van der Waals surface area contributed by atoms with E-state index < -0.39 is 0 Å². The van der Waals surface area contributed by atoms with Gasteiger partial charge >= 0.3 is 0 Å². The van der Waals surface area contributed by atoms with Crippen LogP contribution in [0, 0.1) is 5.41 Å². The van der Waals surface area contributed by atoms with Gasteiger partial charge in [-0.3, -0.25) is 5.41 Å². The fourth-order valence-electron chi connectivity index (χ4n) is 0.734. The maximum absolute atomic E-state index is 6.93. The zero-order chi connectivity index (χ0) is 11.8. The van der Waals surface area contributed by atoms with Crippen molar-refractivity contribution in [2.24, 2.45) is 32.5 Å². The number of hydrazone groups is 1. The predicted octanol–water partition coefficient (Wildman–Crippen LogP) is -1.12. The molecule has 0 heterocycles. The van der Waals surface area contributed by atoms with E-state index in [1.165, 1.54) is 0 Å². The van der Waals surface area contributed by atoms with Crippen LogP contribution in [-0.4, -0.2) is 23.3 Å². The minimum Gasteiger partial charge on any atom is -0.369 e. The number of nitrogens with zero attached hydrogens (tertiary/aromatic N) is 3. The van der Waals surface area contributed by atoms with Crippen molar-refractivity contribution in [2.75, 3.05) is 0 Å². The Bertz CT molecular complexity index is 309. The normalized spacial score (nSPS) is 12.1. The fraction of sp³-hybridized carbons (Fsp3) is 0.429. The van der Waals surface area contributed by atoms with E-state index >= 15 is 0 Å². The van der Waals surface area contributed by atoms with Crippen molar-refractivity contribution in [1.82, 2.24) is 5.43 Å². The van der Waals surface area contributed by atoms with Gasteiger partial charge in [0.15, 0.2) is 0 Å². The van der Waals surface area contributed by atoms with Gasteiger partial charge in [0.05, 0.1) is 11.4 Å². The van der Waals surface area contributed by atoms with Crippen molar-refractivity contribution in [3.63, 3.8) is 0 Å². The SMILES string of the molecule is CCC(=N\NC(=N)N)/C(C)=N/N=C(N)N. The number of nitrogens with two attached hydrogens (primary N) is 3. The lowest BCUT2D eigenvalue weighted by Gasteiger charge is -2.02. The summed E-state index contributed by atoms with van der Waals surface area (Å²) in [5.41, 5.74) is 18.8. The predicted molar refractivity (Wildman–Crippen MR) is 61.7 cm³/mol. The van der Waals surface area contributed by atoms with Crippen LogP contribution in [0.3, 0.4) is 0 Å². The van der Waals surface area contributed by atoms with Crippen molar-refractivity contribution in [1.29, 1.82) is 5.41 Å². The molecule has 0 rings (SSSR count). The molecule has 0 spiro atoms. The summed E-state index contributed by atoms with van der Waals surface area (Å²) in [5, 5.41) is 18.0. The van der Waals surface area contributed by atoms with Crippen molar-refractivity contribution in [3.8, 4) is 0 Å². The molecule has 0 aromatic heterocycles. The summed E-state index contributed by atoms with van der Waals surface area (Å²) in [5.74, 6) is -0.361. The van der Waals surface area contributed by atoms with Crippen LogP contribution in [-0.2, 0) is 0 Å². The van der Waals surface area contributed by atoms with Gasteiger partial charge in [0, 0.05) is 0 Å². The molecule has 0 aromatic rings. The van der Waals surface area contributed by atoms with Crippen LogP contribution in [0.15, 0.2) is 15.3 Å². The highest BCUT2D eigenvalue weighted by molar-refractivity contribution is 6.41. The maximum atomic E-state index is 6.93. The van der Waals surface area contributed by atoms with Crippen LogP contribution < -0.4 is 22.6 Å². The number of rotatable bonds is 4. The van der Waals surface area contributed by atoms with Crippen molar-refractivity contribution in [2.45, 2.75) is 20.3 Å². The molecular formula is C7H16N8. The first-order valence-corrected chi connectivity index (χ1v) is 4.27. The Morgan fingerprint density at radius 2 is 1.87 bits per heavy atom. The maximum Gasteiger partial charge on any atom is 0.211 e. The van der Waals surface area contributed by atoms with Crippen molar-refractivity contribution in [3.05, 3.63) is 0 Å². The number of hydrogen-bond acceptors (Lipinski definition) is 4. The second-order valence-corrected chi connectivity index (χ2v) is 2.65. The van der Waals surface area contributed by atoms with Crippen LogP contribution in [0.5, 0.6) is 0 Å². The van der Waals surface area contributed by atoms with Crippen molar-refractivity contribution < 1.29 is 0 Å². The van der Waals surface area contributed by atoms with Crippen molar-refractivity contribution >= 4 is 23.3 Å². The Morgan fingerprint density at radius 3 is 2.27 bits per heavy atom. The van der Waals surface area contributed by atoms with Gasteiger partial charge in [-0.15, -0.1) is 5.10 Å². The highest BCUT2D eigenvalue weighted by Gasteiger charge is 2.01. The average Bonchev–Trinajstić information content (AvgIpc) is 2.15. The summed E-state index contributed by atoms with van der Waals surface area (Å²) >= 11 is 0. The summed E-state index contributed by atoms with van der Waals surface area (Å²) in [6.07, 6.45) is 0.621. The van der Waals surface area contributed by atoms with Gasteiger partial charge in [-0.2, -0.15) is 10.2 Å². The lowest BCUT2D eigenvalue weighted by Crippen LogP contribution is -2.28. The molecule has 0 aromatic carbocycles. The van der Waals surface area contributed by atoms with Gasteiger partial charge in [0.1, 0.15) is 0 Å². The molecule has 8 nitrogen and oxygen atoms in total. The molecule has 0 aliphatic carbocycles. The summed E-state index contributed by atoms with van der Waals surface area (Å²) in [4.78, 5) is 0. The quantitative estimate of drug-likeness (QED) is 0.228. The molecule has 84 valence electrons. The second-order valence-electron chi connectivity index (χ2n) is 2.65. The zero-order valence-corrected chi connectivity index (χ0v) is 8.78. The molecule has 0 saturated heterocycles. The molecule has 0 fully saturated rings. The first kappa shape index (κ1) is 12.9. The summed E-state index contributed by atoms with van der Waals surface area (Å²) in [6.45, 7) is 3.59. The van der Waals surface area contributed by atoms with Gasteiger partial charge in [-0.25, -0.2) is 5.43 Å². The molecule has 0 aliphatic rings. The highest BCUT2D eigenvalue weighted by atomic mass is 15.3. The molecule has 0 aliphatic heterocycles. The van der Waals surface area contributed by atoms with Crippen LogP contribution in [0.25, 0.3) is 0 Å². The van der Waals surface area contributed by atoms with Crippen LogP contribution in [0.2, 0.25) is 0 Å². The Hall–Kier alpha value is -2.12. The largest absolute Gasteiger partial charge is 0.369 e. The molecule has 8 N–H and O–H groups in total. The van der Waals surface area contributed by atoms with Gasteiger partial charge in [-0.05, 0) is 13.3 Å². The highest BCUT2D eigenvalue weighted by Crippen LogP contribution is 1.90. The van der Waals surface area contributed by atoms with E-state index in [-0.39, 0.29) is 11.9 Å². The lowest BCUT2D eigenvalue weighted by atomic mass is 10.2. The third-order valence-electron chi connectivity index (χ3n) is 1.38. The molecular weight excluding hydrogens is 196 g/mol. The monoisotopic (exact) mass is 212 g/mol. The van der Waals surface area contributed by atoms with E-state index in [1.54, 1.807) is 6.92 Å². The van der Waals surface area contributed by atoms with Gasteiger partial charge in [0.2, 0.25) is 11.9 Å². The zero-order valence-electron chi connectivity index (χ0n) is 8.78. The Labute approximate surface area is 87.8 Å². The Kier molecular flexibility index (Phi) is 5.45. The molecule has 0 unspecified atom stereocenters. The second kappa shape index (κ2) is 6.35. The van der Waals surface area contributed by atoms with E-state index in [0.29, 0.717) is 17.8 Å². The van der Waals surface area contributed by atoms with E-state index in [2.05, 4.69) is 20.7 Å². The van der Waals surface area contributed by atoms with Crippen LogP contribution >= 0.6 is 0 Å². The molecule has 0 saturated carbocycles. The summed E-state index contributed by atoms with van der Waals surface area (Å²) in [6, 6.07) is 0. The van der Waals surface area contributed by atoms with E-state index in [9.17, 15) is 0 Å². The molecule has 0 bridgehead atoms. The topological polar surface area (TPSA) is 151 Å². The summed E-state index contributed by atoms with van der Waals surface area (Å²) < 4.78 is 0. The van der Waals surface area contributed by atoms with E-state index in [1.807, 2.05) is 6.92 Å². The molecule has 0 radical (unpaired) electrons.